The topological polar surface area (TPSA) is 83.1 Å². The van der Waals surface area contributed by atoms with Crippen molar-refractivity contribution in [1.29, 1.82) is 0 Å². The standard InChI is InChI=1S/C9H14F3NO6/c1-16-4-5-17-3-2-13-6-7(14)18-19-8(15)9(10,11)12/h13H,2-6H2,1H3. The van der Waals surface area contributed by atoms with Crippen molar-refractivity contribution in [2.75, 3.05) is 40.0 Å². The van der Waals surface area contributed by atoms with E-state index in [2.05, 4.69) is 15.1 Å². The number of alkyl halides is 3. The molecule has 1 N–H and O–H groups in total. The van der Waals surface area contributed by atoms with Crippen molar-refractivity contribution in [2.45, 2.75) is 6.18 Å². The summed E-state index contributed by atoms with van der Waals surface area (Å²) in [5, 5.41) is 2.51. The van der Waals surface area contributed by atoms with Crippen molar-refractivity contribution in [3.8, 4) is 0 Å². The van der Waals surface area contributed by atoms with Crippen LogP contribution in [-0.2, 0) is 28.8 Å². The molecule has 0 radical (unpaired) electrons. The molecule has 0 aromatic rings. The smallest absolute Gasteiger partial charge is 0.382 e. The van der Waals surface area contributed by atoms with E-state index in [4.69, 9.17) is 9.47 Å². The van der Waals surface area contributed by atoms with Crippen LogP contribution in [-0.4, -0.2) is 58.1 Å². The molecule has 0 aliphatic heterocycles. The number of ether oxygens (including phenoxy) is 2. The number of halogens is 3. The highest BCUT2D eigenvalue weighted by Crippen LogP contribution is 2.16. The summed E-state index contributed by atoms with van der Waals surface area (Å²) in [4.78, 5) is 27.9. The SMILES string of the molecule is COCCOCCNCC(=O)OOC(=O)C(F)(F)F. The zero-order chi connectivity index (χ0) is 14.7. The van der Waals surface area contributed by atoms with Crippen LogP contribution < -0.4 is 5.32 Å². The molecule has 0 aliphatic carbocycles. The van der Waals surface area contributed by atoms with Gasteiger partial charge in [0.25, 0.3) is 0 Å². The van der Waals surface area contributed by atoms with Gasteiger partial charge in [-0.25, -0.2) is 19.4 Å². The Kier molecular flexibility index (Phi) is 8.83. The lowest BCUT2D eigenvalue weighted by molar-refractivity contribution is -0.285. The second-order valence-corrected chi connectivity index (χ2v) is 3.11. The van der Waals surface area contributed by atoms with E-state index in [1.54, 1.807) is 0 Å². The molecule has 0 aromatic carbocycles. The average molecular weight is 289 g/mol. The molecule has 10 heteroatoms. The first-order chi connectivity index (χ1) is 8.88. The summed E-state index contributed by atoms with van der Waals surface area (Å²) in [5.74, 6) is -3.75. The number of carbonyl (C=O) groups excluding carboxylic acids is 2. The Morgan fingerprint density at radius 2 is 1.79 bits per heavy atom. The molecule has 0 rings (SSSR count). The normalized spacial score (nSPS) is 11.2. The third kappa shape index (κ3) is 10.2. The highest BCUT2D eigenvalue weighted by atomic mass is 19.4. The Morgan fingerprint density at radius 3 is 2.37 bits per heavy atom. The highest BCUT2D eigenvalue weighted by molar-refractivity contribution is 5.77. The predicted molar refractivity (Wildman–Crippen MR) is 53.8 cm³/mol. The van der Waals surface area contributed by atoms with Gasteiger partial charge in [0.05, 0.1) is 26.4 Å². The molecule has 0 saturated heterocycles. The molecular weight excluding hydrogens is 275 g/mol. The summed E-state index contributed by atoms with van der Waals surface area (Å²) in [5.41, 5.74) is 0. The largest absolute Gasteiger partial charge is 0.495 e. The van der Waals surface area contributed by atoms with Crippen molar-refractivity contribution in [3.05, 3.63) is 0 Å². The van der Waals surface area contributed by atoms with Gasteiger partial charge >= 0.3 is 18.1 Å². The average Bonchev–Trinajstić information content (AvgIpc) is 2.33. The zero-order valence-electron chi connectivity index (χ0n) is 10.1. The van der Waals surface area contributed by atoms with Gasteiger partial charge in [0.2, 0.25) is 0 Å². The van der Waals surface area contributed by atoms with E-state index in [9.17, 15) is 22.8 Å². The highest BCUT2D eigenvalue weighted by Gasteiger charge is 2.43. The van der Waals surface area contributed by atoms with Crippen molar-refractivity contribution < 1.29 is 42.0 Å². The zero-order valence-corrected chi connectivity index (χ0v) is 10.1. The van der Waals surface area contributed by atoms with E-state index in [1.807, 2.05) is 0 Å². The minimum absolute atomic E-state index is 0.270. The molecule has 0 bridgehead atoms. The lowest BCUT2D eigenvalue weighted by Crippen LogP contribution is -2.31. The third-order valence-corrected chi connectivity index (χ3v) is 1.57. The molecule has 19 heavy (non-hydrogen) atoms. The van der Waals surface area contributed by atoms with Gasteiger partial charge in [-0.15, -0.1) is 0 Å². The summed E-state index contributed by atoms with van der Waals surface area (Å²) in [6.07, 6.45) is -5.21. The Labute approximate surface area is 106 Å². The summed E-state index contributed by atoms with van der Waals surface area (Å²) >= 11 is 0. The van der Waals surface area contributed by atoms with Gasteiger partial charge < -0.3 is 14.8 Å². The van der Waals surface area contributed by atoms with E-state index >= 15 is 0 Å². The van der Waals surface area contributed by atoms with Crippen LogP contribution in [0.3, 0.4) is 0 Å². The first-order valence-corrected chi connectivity index (χ1v) is 5.14. The summed E-state index contributed by atoms with van der Waals surface area (Å²) in [6.45, 7) is 0.936. The van der Waals surface area contributed by atoms with Crippen LogP contribution >= 0.6 is 0 Å². The van der Waals surface area contributed by atoms with Gasteiger partial charge in [-0.3, -0.25) is 0 Å². The Morgan fingerprint density at radius 1 is 1.11 bits per heavy atom. The second-order valence-electron chi connectivity index (χ2n) is 3.11. The van der Waals surface area contributed by atoms with Gasteiger partial charge in [0.15, 0.2) is 0 Å². The molecule has 7 nitrogen and oxygen atoms in total. The number of hydrogen-bond donors (Lipinski definition) is 1. The summed E-state index contributed by atoms with van der Waals surface area (Å²) < 4.78 is 44.7. The van der Waals surface area contributed by atoms with Gasteiger partial charge in [0, 0.05) is 13.7 Å². The van der Waals surface area contributed by atoms with Crippen molar-refractivity contribution in [3.63, 3.8) is 0 Å². The fraction of sp³-hybridized carbons (Fsp3) is 0.778. The molecule has 0 spiro atoms. The van der Waals surface area contributed by atoms with Crippen LogP contribution in [0.15, 0.2) is 0 Å². The fourth-order valence-corrected chi connectivity index (χ4v) is 0.740. The van der Waals surface area contributed by atoms with Crippen LogP contribution in [0.2, 0.25) is 0 Å². The molecule has 0 saturated carbocycles. The molecule has 0 unspecified atom stereocenters. The third-order valence-electron chi connectivity index (χ3n) is 1.57. The Hall–Kier alpha value is -1.39. The van der Waals surface area contributed by atoms with Crippen LogP contribution in [0.1, 0.15) is 0 Å². The second kappa shape index (κ2) is 9.53. The summed E-state index contributed by atoms with van der Waals surface area (Å²) in [6, 6.07) is 0. The molecule has 0 aromatic heterocycles. The monoisotopic (exact) mass is 289 g/mol. The molecule has 0 amide bonds. The molecule has 0 fully saturated rings. The number of carbonyl (C=O) groups is 2. The molecule has 112 valence electrons. The number of hydrogen-bond acceptors (Lipinski definition) is 7. The quantitative estimate of drug-likeness (QED) is 0.376. The number of rotatable bonds is 8. The predicted octanol–water partition coefficient (Wildman–Crippen LogP) is -0.197. The van der Waals surface area contributed by atoms with Gasteiger partial charge in [-0.1, -0.05) is 0 Å². The maximum absolute atomic E-state index is 11.6. The van der Waals surface area contributed by atoms with E-state index < -0.39 is 24.7 Å². The molecular formula is C9H14F3NO6. The minimum atomic E-state index is -5.21. The van der Waals surface area contributed by atoms with Crippen LogP contribution in [0.4, 0.5) is 13.2 Å². The summed E-state index contributed by atoms with van der Waals surface area (Å²) in [7, 11) is 1.51. The number of methoxy groups -OCH3 is 1. The fourth-order valence-electron chi connectivity index (χ4n) is 0.740. The van der Waals surface area contributed by atoms with E-state index in [-0.39, 0.29) is 13.2 Å². The van der Waals surface area contributed by atoms with E-state index in [1.165, 1.54) is 7.11 Å². The Balaban J connectivity index is 3.48. The van der Waals surface area contributed by atoms with Crippen molar-refractivity contribution in [2.24, 2.45) is 0 Å². The molecule has 0 atom stereocenters. The maximum atomic E-state index is 11.6. The molecule has 0 aliphatic rings. The lowest BCUT2D eigenvalue weighted by atomic mass is 10.6. The van der Waals surface area contributed by atoms with Crippen molar-refractivity contribution in [1.82, 2.24) is 5.32 Å². The Bertz CT molecular complexity index is 284. The van der Waals surface area contributed by atoms with E-state index in [0.717, 1.165) is 0 Å². The van der Waals surface area contributed by atoms with Gasteiger partial charge in [0.1, 0.15) is 0 Å². The van der Waals surface area contributed by atoms with Crippen LogP contribution in [0, 0.1) is 0 Å². The lowest BCUT2D eigenvalue weighted by Gasteiger charge is -2.06. The van der Waals surface area contributed by atoms with Crippen LogP contribution in [0.25, 0.3) is 0 Å². The minimum Gasteiger partial charge on any atom is -0.382 e. The first-order valence-electron chi connectivity index (χ1n) is 5.14. The van der Waals surface area contributed by atoms with Crippen molar-refractivity contribution >= 4 is 11.9 Å². The van der Waals surface area contributed by atoms with Gasteiger partial charge in [-0.05, 0) is 0 Å². The maximum Gasteiger partial charge on any atom is 0.495 e. The van der Waals surface area contributed by atoms with E-state index in [0.29, 0.717) is 13.2 Å². The van der Waals surface area contributed by atoms with Crippen LogP contribution in [0.5, 0.6) is 0 Å². The first kappa shape index (κ1) is 17.6. The van der Waals surface area contributed by atoms with Gasteiger partial charge in [-0.2, -0.15) is 13.2 Å². The number of nitrogens with one attached hydrogen (secondary N) is 1. The molecule has 0 heterocycles.